The van der Waals surface area contributed by atoms with Gasteiger partial charge < -0.3 is 14.2 Å². The Morgan fingerprint density at radius 3 is 2.76 bits per heavy atom. The van der Waals surface area contributed by atoms with Crippen molar-refractivity contribution in [1.82, 2.24) is 14.1 Å². The molecule has 1 N–H and O–H groups in total. The van der Waals surface area contributed by atoms with Crippen LogP contribution in [0.4, 0.5) is 0 Å². The van der Waals surface area contributed by atoms with Gasteiger partial charge in [-0.25, -0.2) is 9.78 Å². The summed E-state index contributed by atoms with van der Waals surface area (Å²) in [5.41, 5.74) is 0.256. The number of aromatic nitrogens is 3. The van der Waals surface area contributed by atoms with Crippen molar-refractivity contribution in [3.63, 3.8) is 0 Å². The first-order valence-electron chi connectivity index (χ1n) is 6.40. The summed E-state index contributed by atoms with van der Waals surface area (Å²) in [5.74, 6) is -0.377. The number of benzene rings is 1. The molecule has 21 heavy (non-hydrogen) atoms. The predicted molar refractivity (Wildman–Crippen MR) is 77.5 cm³/mol. The lowest BCUT2D eigenvalue weighted by Crippen LogP contribution is -2.23. The molecule has 3 aromatic rings. The first-order chi connectivity index (χ1) is 10.1. The van der Waals surface area contributed by atoms with Crippen LogP contribution in [-0.4, -0.2) is 25.2 Å². The van der Waals surface area contributed by atoms with E-state index in [1.807, 2.05) is 11.6 Å². The molecule has 0 bridgehead atoms. The third-order valence-corrected chi connectivity index (χ3v) is 3.47. The summed E-state index contributed by atoms with van der Waals surface area (Å²) in [6, 6.07) is 8.14. The second-order valence-corrected chi connectivity index (χ2v) is 4.76. The van der Waals surface area contributed by atoms with E-state index in [9.17, 15) is 14.7 Å². The van der Waals surface area contributed by atoms with Crippen LogP contribution < -0.4 is 5.56 Å². The van der Waals surface area contributed by atoms with Gasteiger partial charge in [0.2, 0.25) is 0 Å². The van der Waals surface area contributed by atoms with E-state index >= 15 is 0 Å². The van der Waals surface area contributed by atoms with E-state index in [2.05, 4.69) is 4.98 Å². The first-order valence-corrected chi connectivity index (χ1v) is 6.40. The van der Waals surface area contributed by atoms with Gasteiger partial charge in [0.05, 0.1) is 17.6 Å². The second-order valence-electron chi connectivity index (χ2n) is 4.76. The number of hydrogen-bond acceptors (Lipinski definition) is 3. The first kappa shape index (κ1) is 13.1. The minimum atomic E-state index is -1.10. The van der Waals surface area contributed by atoms with Crippen molar-refractivity contribution in [2.75, 3.05) is 0 Å². The Kier molecular flexibility index (Phi) is 3.06. The van der Waals surface area contributed by atoms with Gasteiger partial charge in [0.25, 0.3) is 5.56 Å². The Labute approximate surface area is 119 Å². The van der Waals surface area contributed by atoms with Crippen LogP contribution in [0.25, 0.3) is 10.9 Å². The number of aromatic carboxylic acids is 1. The number of carbonyl (C=O) groups is 1. The smallest absolute Gasteiger partial charge is 0.336 e. The van der Waals surface area contributed by atoms with Gasteiger partial charge in [-0.05, 0) is 6.07 Å². The number of pyridine rings is 1. The van der Waals surface area contributed by atoms with Crippen LogP contribution in [0.15, 0.2) is 47.5 Å². The lowest BCUT2D eigenvalue weighted by atomic mass is 10.1. The highest BCUT2D eigenvalue weighted by Gasteiger charge is 2.14. The molecule has 0 unspecified atom stereocenters. The highest BCUT2D eigenvalue weighted by Crippen LogP contribution is 2.17. The number of para-hydroxylation sites is 1. The topological polar surface area (TPSA) is 77.1 Å². The third-order valence-electron chi connectivity index (χ3n) is 3.47. The fourth-order valence-electron chi connectivity index (χ4n) is 2.36. The van der Waals surface area contributed by atoms with Crippen LogP contribution in [0, 0.1) is 0 Å². The van der Waals surface area contributed by atoms with Crippen molar-refractivity contribution in [1.29, 1.82) is 0 Å². The molecule has 0 aliphatic rings. The van der Waals surface area contributed by atoms with E-state index in [0.29, 0.717) is 17.4 Å². The van der Waals surface area contributed by atoms with Crippen molar-refractivity contribution in [2.45, 2.75) is 6.54 Å². The van der Waals surface area contributed by atoms with Crippen molar-refractivity contribution >= 4 is 16.9 Å². The van der Waals surface area contributed by atoms with E-state index in [-0.39, 0.29) is 11.1 Å². The Bertz CT molecular complexity index is 893. The van der Waals surface area contributed by atoms with Gasteiger partial charge in [-0.3, -0.25) is 4.79 Å². The minimum absolute atomic E-state index is 0.0201. The summed E-state index contributed by atoms with van der Waals surface area (Å²) in [7, 11) is 1.85. The van der Waals surface area contributed by atoms with Crippen molar-refractivity contribution in [3.8, 4) is 0 Å². The van der Waals surface area contributed by atoms with E-state index < -0.39 is 5.97 Å². The molecule has 0 radical (unpaired) electrons. The molecule has 1 aromatic carbocycles. The van der Waals surface area contributed by atoms with Gasteiger partial charge >= 0.3 is 5.97 Å². The zero-order valence-corrected chi connectivity index (χ0v) is 11.4. The number of carboxylic acid groups (broad SMARTS) is 1. The average molecular weight is 283 g/mol. The van der Waals surface area contributed by atoms with E-state index in [0.717, 1.165) is 11.9 Å². The van der Waals surface area contributed by atoms with Gasteiger partial charge in [0.15, 0.2) is 0 Å². The zero-order chi connectivity index (χ0) is 15.0. The van der Waals surface area contributed by atoms with E-state index in [4.69, 9.17) is 0 Å². The number of fused-ring (bicyclic) bond motifs is 1. The molecule has 0 aliphatic heterocycles. The summed E-state index contributed by atoms with van der Waals surface area (Å²) < 4.78 is 3.36. The SMILES string of the molecule is Cn1ccnc1Cn1c(=O)cc(C(=O)O)c2ccccc21. The Morgan fingerprint density at radius 1 is 1.33 bits per heavy atom. The molecular formula is C15H13N3O3. The molecule has 2 aromatic heterocycles. The molecule has 0 fully saturated rings. The molecule has 6 nitrogen and oxygen atoms in total. The molecule has 0 spiro atoms. The van der Waals surface area contributed by atoms with Crippen LogP contribution in [-0.2, 0) is 13.6 Å². The monoisotopic (exact) mass is 283 g/mol. The molecule has 3 rings (SSSR count). The van der Waals surface area contributed by atoms with Crippen LogP contribution in [0.3, 0.4) is 0 Å². The maximum absolute atomic E-state index is 12.3. The number of carboxylic acids is 1. The summed E-state index contributed by atoms with van der Waals surface area (Å²) in [6.07, 6.45) is 3.46. The lowest BCUT2D eigenvalue weighted by molar-refractivity contribution is 0.0698. The number of aryl methyl sites for hydroxylation is 1. The minimum Gasteiger partial charge on any atom is -0.478 e. The molecule has 0 atom stereocenters. The van der Waals surface area contributed by atoms with E-state index in [1.54, 1.807) is 36.7 Å². The average Bonchev–Trinajstić information content (AvgIpc) is 2.86. The van der Waals surface area contributed by atoms with Gasteiger partial charge in [0.1, 0.15) is 5.82 Å². The zero-order valence-electron chi connectivity index (χ0n) is 11.4. The van der Waals surface area contributed by atoms with Gasteiger partial charge in [-0.15, -0.1) is 0 Å². The summed E-state index contributed by atoms with van der Waals surface area (Å²) >= 11 is 0. The van der Waals surface area contributed by atoms with Crippen LogP contribution in [0.2, 0.25) is 0 Å². The standard InChI is InChI=1S/C15H13N3O3/c1-17-7-6-16-13(17)9-18-12-5-3-2-4-10(12)11(15(20)21)8-14(18)19/h2-8H,9H2,1H3,(H,20,21). The van der Waals surface area contributed by atoms with Crippen molar-refractivity contribution in [3.05, 3.63) is 64.5 Å². The third kappa shape index (κ3) is 2.20. The fraction of sp³-hybridized carbons (Fsp3) is 0.133. The predicted octanol–water partition coefficient (Wildman–Crippen LogP) is 1.48. The molecule has 0 amide bonds. The van der Waals surface area contributed by atoms with Crippen molar-refractivity contribution in [2.24, 2.45) is 7.05 Å². The largest absolute Gasteiger partial charge is 0.478 e. The Hall–Kier alpha value is -2.89. The summed E-state index contributed by atoms with van der Waals surface area (Å²) in [4.78, 5) is 27.7. The Morgan fingerprint density at radius 2 is 2.10 bits per heavy atom. The van der Waals surface area contributed by atoms with Crippen LogP contribution >= 0.6 is 0 Å². The quantitative estimate of drug-likeness (QED) is 0.790. The van der Waals surface area contributed by atoms with Gasteiger partial charge in [0, 0.05) is 30.9 Å². The van der Waals surface area contributed by atoms with Crippen molar-refractivity contribution < 1.29 is 9.90 Å². The van der Waals surface area contributed by atoms with Crippen LogP contribution in [0.1, 0.15) is 16.2 Å². The number of nitrogens with zero attached hydrogens (tertiary/aromatic N) is 3. The molecule has 106 valence electrons. The Balaban J connectivity index is 2.26. The lowest BCUT2D eigenvalue weighted by Gasteiger charge is -2.11. The number of rotatable bonds is 3. The molecule has 0 saturated heterocycles. The van der Waals surface area contributed by atoms with Crippen LogP contribution in [0.5, 0.6) is 0 Å². The molecular weight excluding hydrogens is 270 g/mol. The highest BCUT2D eigenvalue weighted by atomic mass is 16.4. The molecule has 0 saturated carbocycles. The number of hydrogen-bond donors (Lipinski definition) is 1. The van der Waals surface area contributed by atoms with Gasteiger partial charge in [-0.1, -0.05) is 18.2 Å². The second kappa shape index (κ2) is 4.90. The fourth-order valence-corrected chi connectivity index (χ4v) is 2.36. The summed E-state index contributed by atoms with van der Waals surface area (Å²) in [6.45, 7) is 0.294. The highest BCUT2D eigenvalue weighted by molar-refractivity contribution is 6.02. The maximum Gasteiger partial charge on any atom is 0.336 e. The van der Waals surface area contributed by atoms with Gasteiger partial charge in [-0.2, -0.15) is 0 Å². The normalized spacial score (nSPS) is 10.9. The molecule has 6 heteroatoms. The molecule has 2 heterocycles. The summed E-state index contributed by atoms with van der Waals surface area (Å²) in [5, 5.41) is 9.77. The maximum atomic E-state index is 12.3. The van der Waals surface area contributed by atoms with E-state index in [1.165, 1.54) is 4.57 Å². The molecule has 0 aliphatic carbocycles. The number of imidazole rings is 1.